The highest BCUT2D eigenvalue weighted by Crippen LogP contribution is 2.20. The lowest BCUT2D eigenvalue weighted by molar-refractivity contribution is -0.134. The zero-order valence-electron chi connectivity index (χ0n) is 13.0. The number of piperazine rings is 1. The van der Waals surface area contributed by atoms with Crippen molar-refractivity contribution in [1.82, 2.24) is 14.8 Å². The highest BCUT2D eigenvalue weighted by atomic mass is 32.1. The van der Waals surface area contributed by atoms with Gasteiger partial charge in [0.05, 0.1) is 10.7 Å². The molecule has 5 heteroatoms. The van der Waals surface area contributed by atoms with E-state index >= 15 is 0 Å². The molecule has 1 aromatic rings. The van der Waals surface area contributed by atoms with Crippen LogP contribution in [0, 0.1) is 12.3 Å². The van der Waals surface area contributed by atoms with Gasteiger partial charge in [0.1, 0.15) is 0 Å². The Bertz CT molecular complexity index is 456. The molecule has 2 rings (SSSR count). The van der Waals surface area contributed by atoms with Crippen LogP contribution >= 0.6 is 11.3 Å². The predicted octanol–water partition coefficient (Wildman–Crippen LogP) is 2.53. The van der Waals surface area contributed by atoms with E-state index in [0.29, 0.717) is 12.3 Å². The van der Waals surface area contributed by atoms with Crippen molar-refractivity contribution in [3.8, 4) is 0 Å². The molecule has 0 radical (unpaired) electrons. The molecule has 1 saturated heterocycles. The first-order valence-electron chi connectivity index (χ1n) is 7.25. The van der Waals surface area contributed by atoms with Crippen molar-refractivity contribution >= 4 is 17.2 Å². The fourth-order valence-corrected chi connectivity index (χ4v) is 3.03. The third-order valence-electron chi connectivity index (χ3n) is 3.46. The summed E-state index contributed by atoms with van der Waals surface area (Å²) in [5.74, 6) is 0.293. The summed E-state index contributed by atoms with van der Waals surface area (Å²) in [5.41, 5.74) is 1.23. The van der Waals surface area contributed by atoms with Crippen molar-refractivity contribution in [3.05, 3.63) is 16.1 Å². The van der Waals surface area contributed by atoms with E-state index in [-0.39, 0.29) is 5.41 Å². The topological polar surface area (TPSA) is 36.4 Å². The molecule has 2 heterocycles. The lowest BCUT2D eigenvalue weighted by Gasteiger charge is -2.35. The van der Waals surface area contributed by atoms with E-state index in [2.05, 4.69) is 36.0 Å². The van der Waals surface area contributed by atoms with E-state index in [9.17, 15) is 4.79 Å². The van der Waals surface area contributed by atoms with Gasteiger partial charge in [0.25, 0.3) is 0 Å². The monoisotopic (exact) mass is 295 g/mol. The molecule has 1 aliphatic heterocycles. The lowest BCUT2D eigenvalue weighted by atomic mass is 9.91. The van der Waals surface area contributed by atoms with Crippen LogP contribution in [0.1, 0.15) is 37.9 Å². The SMILES string of the molecule is Cc1nc(CN2CCN(C(=O)CC(C)(C)C)CC2)cs1. The number of aromatic nitrogens is 1. The Balaban J connectivity index is 1.79. The number of aryl methyl sites for hydroxylation is 1. The molecule has 0 aliphatic carbocycles. The van der Waals surface area contributed by atoms with Crippen LogP contribution < -0.4 is 0 Å². The fraction of sp³-hybridized carbons (Fsp3) is 0.733. The largest absolute Gasteiger partial charge is 0.340 e. The van der Waals surface area contributed by atoms with Gasteiger partial charge in [0, 0.05) is 44.5 Å². The summed E-state index contributed by atoms with van der Waals surface area (Å²) in [6, 6.07) is 0. The average Bonchev–Trinajstić information content (AvgIpc) is 2.73. The van der Waals surface area contributed by atoms with E-state index in [1.807, 2.05) is 11.8 Å². The zero-order chi connectivity index (χ0) is 14.8. The molecule has 0 aromatic carbocycles. The minimum absolute atomic E-state index is 0.0757. The normalized spacial score (nSPS) is 17.5. The summed E-state index contributed by atoms with van der Waals surface area (Å²) >= 11 is 1.70. The highest BCUT2D eigenvalue weighted by Gasteiger charge is 2.24. The van der Waals surface area contributed by atoms with Gasteiger partial charge in [-0.25, -0.2) is 4.98 Å². The van der Waals surface area contributed by atoms with Gasteiger partial charge in [-0.05, 0) is 12.3 Å². The van der Waals surface area contributed by atoms with Crippen LogP contribution in [0.25, 0.3) is 0 Å². The van der Waals surface area contributed by atoms with Crippen molar-refractivity contribution in [1.29, 1.82) is 0 Å². The summed E-state index contributed by atoms with van der Waals surface area (Å²) in [7, 11) is 0. The summed E-state index contributed by atoms with van der Waals surface area (Å²) < 4.78 is 0. The number of amides is 1. The van der Waals surface area contributed by atoms with E-state index in [1.54, 1.807) is 11.3 Å². The van der Waals surface area contributed by atoms with Gasteiger partial charge in [-0.2, -0.15) is 0 Å². The first-order chi connectivity index (χ1) is 9.33. The third-order valence-corrected chi connectivity index (χ3v) is 4.28. The number of hydrogen-bond donors (Lipinski definition) is 0. The van der Waals surface area contributed by atoms with Crippen LogP contribution in [0.5, 0.6) is 0 Å². The van der Waals surface area contributed by atoms with Crippen molar-refractivity contribution in [2.45, 2.75) is 40.7 Å². The first kappa shape index (κ1) is 15.4. The second kappa shape index (κ2) is 6.22. The summed E-state index contributed by atoms with van der Waals surface area (Å²) in [5, 5.41) is 3.26. The molecule has 1 aliphatic rings. The van der Waals surface area contributed by atoms with Crippen LogP contribution in [0.3, 0.4) is 0 Å². The predicted molar refractivity (Wildman–Crippen MR) is 82.8 cm³/mol. The molecule has 0 unspecified atom stereocenters. The second-order valence-corrected chi connectivity index (χ2v) is 7.81. The van der Waals surface area contributed by atoms with Crippen LogP contribution in [0.15, 0.2) is 5.38 Å². The smallest absolute Gasteiger partial charge is 0.223 e. The Morgan fingerprint density at radius 2 is 1.95 bits per heavy atom. The summed E-state index contributed by atoms with van der Waals surface area (Å²) in [4.78, 5) is 21.1. The summed E-state index contributed by atoms with van der Waals surface area (Å²) in [6.07, 6.45) is 0.637. The molecule has 4 nitrogen and oxygen atoms in total. The molecule has 0 saturated carbocycles. The van der Waals surface area contributed by atoms with Crippen LogP contribution in [0.4, 0.5) is 0 Å². The number of carbonyl (C=O) groups excluding carboxylic acids is 1. The Morgan fingerprint density at radius 1 is 1.30 bits per heavy atom. The van der Waals surface area contributed by atoms with Crippen molar-refractivity contribution in [2.24, 2.45) is 5.41 Å². The summed E-state index contributed by atoms with van der Waals surface area (Å²) in [6.45, 7) is 12.9. The molecular formula is C15H25N3OS. The Hall–Kier alpha value is -0.940. The van der Waals surface area contributed by atoms with Gasteiger partial charge in [0.15, 0.2) is 0 Å². The van der Waals surface area contributed by atoms with Gasteiger partial charge >= 0.3 is 0 Å². The Labute approximate surface area is 125 Å². The molecule has 0 spiro atoms. The molecule has 0 atom stereocenters. The number of carbonyl (C=O) groups is 1. The number of hydrogen-bond acceptors (Lipinski definition) is 4. The molecular weight excluding hydrogens is 270 g/mol. The van der Waals surface area contributed by atoms with Gasteiger partial charge in [-0.15, -0.1) is 11.3 Å². The van der Waals surface area contributed by atoms with Gasteiger partial charge < -0.3 is 4.90 Å². The zero-order valence-corrected chi connectivity index (χ0v) is 13.8. The Kier molecular flexibility index (Phi) is 4.81. The number of thiazole rings is 1. The maximum absolute atomic E-state index is 12.2. The highest BCUT2D eigenvalue weighted by molar-refractivity contribution is 7.09. The molecule has 112 valence electrons. The van der Waals surface area contributed by atoms with Crippen molar-refractivity contribution in [2.75, 3.05) is 26.2 Å². The molecule has 1 amide bonds. The quantitative estimate of drug-likeness (QED) is 0.860. The number of rotatable bonds is 3. The van der Waals surface area contributed by atoms with E-state index in [4.69, 9.17) is 0 Å². The van der Waals surface area contributed by atoms with E-state index in [1.165, 1.54) is 0 Å². The molecule has 0 bridgehead atoms. The van der Waals surface area contributed by atoms with Gasteiger partial charge in [-0.1, -0.05) is 20.8 Å². The molecule has 20 heavy (non-hydrogen) atoms. The first-order valence-corrected chi connectivity index (χ1v) is 8.12. The minimum atomic E-state index is 0.0757. The average molecular weight is 295 g/mol. The van der Waals surface area contributed by atoms with Gasteiger partial charge in [-0.3, -0.25) is 9.69 Å². The minimum Gasteiger partial charge on any atom is -0.340 e. The van der Waals surface area contributed by atoms with E-state index in [0.717, 1.165) is 43.4 Å². The maximum Gasteiger partial charge on any atom is 0.223 e. The van der Waals surface area contributed by atoms with Crippen LogP contribution in [-0.2, 0) is 11.3 Å². The maximum atomic E-state index is 12.2. The molecule has 1 aromatic heterocycles. The fourth-order valence-electron chi connectivity index (χ4n) is 2.43. The van der Waals surface area contributed by atoms with Crippen molar-refractivity contribution < 1.29 is 4.79 Å². The standard InChI is InChI=1S/C15H25N3OS/c1-12-16-13(11-20-12)10-17-5-7-18(8-6-17)14(19)9-15(2,3)4/h11H,5-10H2,1-4H3. The Morgan fingerprint density at radius 3 is 2.45 bits per heavy atom. The van der Waals surface area contributed by atoms with Crippen LogP contribution in [0.2, 0.25) is 0 Å². The number of nitrogens with zero attached hydrogens (tertiary/aromatic N) is 3. The lowest BCUT2D eigenvalue weighted by Crippen LogP contribution is -2.48. The third kappa shape index (κ3) is 4.56. The van der Waals surface area contributed by atoms with Crippen LogP contribution in [-0.4, -0.2) is 46.9 Å². The second-order valence-electron chi connectivity index (χ2n) is 6.75. The molecule has 1 fully saturated rings. The van der Waals surface area contributed by atoms with E-state index < -0.39 is 0 Å². The van der Waals surface area contributed by atoms with Crippen molar-refractivity contribution in [3.63, 3.8) is 0 Å². The molecule has 0 N–H and O–H groups in total. The van der Waals surface area contributed by atoms with Gasteiger partial charge in [0.2, 0.25) is 5.91 Å².